The van der Waals surface area contributed by atoms with Crippen LogP contribution in [-0.2, 0) is 10.0 Å². The highest BCUT2D eigenvalue weighted by Gasteiger charge is 2.27. The number of nitrogens with zero attached hydrogens (tertiary/aromatic N) is 1. The molecule has 0 radical (unpaired) electrons. The maximum absolute atomic E-state index is 12.9. The van der Waals surface area contributed by atoms with Gasteiger partial charge in [0.05, 0.1) is 17.5 Å². The second-order valence-electron chi connectivity index (χ2n) is 7.19. The number of para-hydroxylation sites is 1. The lowest BCUT2D eigenvalue weighted by atomic mass is 10.00. The first-order chi connectivity index (χ1) is 13.6. The second kappa shape index (κ2) is 7.93. The number of hydrogen-bond acceptors (Lipinski definition) is 4. The minimum absolute atomic E-state index is 0.153. The first kappa shape index (κ1) is 19.0. The van der Waals surface area contributed by atoms with Gasteiger partial charge in [0.25, 0.3) is 5.91 Å². The van der Waals surface area contributed by atoms with Crippen LogP contribution in [0.4, 0.5) is 0 Å². The Morgan fingerprint density at radius 3 is 2.64 bits per heavy atom. The van der Waals surface area contributed by atoms with Crippen molar-refractivity contribution in [3.63, 3.8) is 0 Å². The molecule has 0 aliphatic carbocycles. The first-order valence-electron chi connectivity index (χ1n) is 9.68. The quantitative estimate of drug-likeness (QED) is 0.856. The van der Waals surface area contributed by atoms with E-state index >= 15 is 0 Å². The van der Waals surface area contributed by atoms with Gasteiger partial charge < -0.3 is 10.1 Å². The second-order valence-corrected chi connectivity index (χ2v) is 9.13. The van der Waals surface area contributed by atoms with E-state index in [1.165, 1.54) is 10.4 Å². The normalized spacial score (nSPS) is 20.1. The van der Waals surface area contributed by atoms with Gasteiger partial charge in [-0.15, -0.1) is 0 Å². The molecule has 4 rings (SSSR count). The third-order valence-electron chi connectivity index (χ3n) is 5.31. The Morgan fingerprint density at radius 2 is 1.82 bits per heavy atom. The minimum Gasteiger partial charge on any atom is -0.493 e. The monoisotopic (exact) mass is 400 g/mol. The zero-order valence-electron chi connectivity index (χ0n) is 15.6. The molecular formula is C21H24N2O4S. The van der Waals surface area contributed by atoms with Crippen molar-refractivity contribution >= 4 is 15.9 Å². The van der Waals surface area contributed by atoms with E-state index in [0.29, 0.717) is 31.7 Å². The summed E-state index contributed by atoms with van der Waals surface area (Å²) in [5, 5.41) is 3.02. The number of ether oxygens (including phenoxy) is 1. The topological polar surface area (TPSA) is 75.7 Å². The number of piperidine rings is 1. The number of nitrogens with one attached hydrogen (secondary N) is 1. The molecule has 1 N–H and O–H groups in total. The Labute approximate surface area is 165 Å². The summed E-state index contributed by atoms with van der Waals surface area (Å²) in [4.78, 5) is 13.0. The van der Waals surface area contributed by atoms with Crippen LogP contribution in [0.2, 0.25) is 0 Å². The van der Waals surface area contributed by atoms with Crippen molar-refractivity contribution in [1.82, 2.24) is 9.62 Å². The van der Waals surface area contributed by atoms with Crippen molar-refractivity contribution in [1.29, 1.82) is 0 Å². The highest BCUT2D eigenvalue weighted by molar-refractivity contribution is 7.89. The summed E-state index contributed by atoms with van der Waals surface area (Å²) in [7, 11) is -3.57. The molecule has 1 atom stereocenters. The smallest absolute Gasteiger partial charge is 0.251 e. The van der Waals surface area contributed by atoms with Crippen molar-refractivity contribution in [3.8, 4) is 5.75 Å². The molecule has 1 unspecified atom stereocenters. The van der Waals surface area contributed by atoms with Gasteiger partial charge in [-0.1, -0.05) is 30.7 Å². The molecule has 1 saturated heterocycles. The van der Waals surface area contributed by atoms with Gasteiger partial charge in [-0.05, 0) is 37.1 Å². The van der Waals surface area contributed by atoms with Crippen LogP contribution in [0.1, 0.15) is 47.6 Å². The van der Waals surface area contributed by atoms with E-state index in [1.54, 1.807) is 18.2 Å². The van der Waals surface area contributed by atoms with Crippen molar-refractivity contribution in [3.05, 3.63) is 59.7 Å². The Hall–Kier alpha value is -2.38. The maximum atomic E-state index is 12.9. The molecule has 2 aromatic rings. The van der Waals surface area contributed by atoms with E-state index in [0.717, 1.165) is 30.6 Å². The zero-order chi connectivity index (χ0) is 19.6. The lowest BCUT2D eigenvalue weighted by molar-refractivity contribution is 0.0924. The molecular weight excluding hydrogens is 376 g/mol. The Morgan fingerprint density at radius 1 is 1.04 bits per heavy atom. The molecule has 1 fully saturated rings. The van der Waals surface area contributed by atoms with E-state index < -0.39 is 10.0 Å². The molecule has 2 heterocycles. The van der Waals surface area contributed by atoms with Crippen molar-refractivity contribution < 1.29 is 17.9 Å². The Balaban J connectivity index is 1.54. The average Bonchev–Trinajstić information content (AvgIpc) is 2.75. The zero-order valence-corrected chi connectivity index (χ0v) is 16.5. The van der Waals surface area contributed by atoms with Crippen LogP contribution in [0.3, 0.4) is 0 Å². The number of carbonyl (C=O) groups is 1. The third kappa shape index (κ3) is 3.77. The van der Waals surface area contributed by atoms with Crippen LogP contribution in [0.15, 0.2) is 53.4 Å². The van der Waals surface area contributed by atoms with Crippen LogP contribution in [0, 0.1) is 0 Å². The van der Waals surface area contributed by atoms with E-state index in [2.05, 4.69) is 5.32 Å². The van der Waals surface area contributed by atoms with E-state index in [4.69, 9.17) is 4.74 Å². The summed E-state index contributed by atoms with van der Waals surface area (Å²) >= 11 is 0. The molecule has 0 saturated carbocycles. The standard InChI is InChI=1S/C21H24N2O4S/c24-21(22-19-11-14-27-20-10-3-2-9-18(19)20)16-7-6-8-17(15-16)28(25,26)23-12-4-1-5-13-23/h2-3,6-10,15,19H,1,4-5,11-14H2,(H,22,24). The van der Waals surface area contributed by atoms with Gasteiger partial charge in [-0.25, -0.2) is 8.42 Å². The van der Waals surface area contributed by atoms with Gasteiger partial charge in [0, 0.05) is 30.6 Å². The molecule has 0 spiro atoms. The van der Waals surface area contributed by atoms with E-state index in [1.807, 2.05) is 24.3 Å². The first-order valence-corrected chi connectivity index (χ1v) is 11.1. The van der Waals surface area contributed by atoms with Gasteiger partial charge in [0.1, 0.15) is 5.75 Å². The van der Waals surface area contributed by atoms with Crippen LogP contribution >= 0.6 is 0 Å². The van der Waals surface area contributed by atoms with Gasteiger partial charge in [0.15, 0.2) is 0 Å². The fraction of sp³-hybridized carbons (Fsp3) is 0.381. The largest absolute Gasteiger partial charge is 0.493 e. The SMILES string of the molecule is O=C(NC1CCOc2ccccc21)c1cccc(S(=O)(=O)N2CCCCC2)c1. The number of rotatable bonds is 4. The predicted molar refractivity (Wildman–Crippen MR) is 106 cm³/mol. The third-order valence-corrected chi connectivity index (χ3v) is 7.21. The van der Waals surface area contributed by atoms with Crippen molar-refractivity contribution in [2.45, 2.75) is 36.6 Å². The summed E-state index contributed by atoms with van der Waals surface area (Å²) < 4.78 is 32.9. The lowest BCUT2D eigenvalue weighted by Gasteiger charge is -2.27. The van der Waals surface area contributed by atoms with Gasteiger partial charge in [-0.3, -0.25) is 4.79 Å². The molecule has 0 bridgehead atoms. The Bertz CT molecular complexity index is 968. The molecule has 6 nitrogen and oxygen atoms in total. The highest BCUT2D eigenvalue weighted by atomic mass is 32.2. The fourth-order valence-electron chi connectivity index (χ4n) is 3.79. The molecule has 148 valence electrons. The van der Waals surface area contributed by atoms with Crippen LogP contribution in [-0.4, -0.2) is 38.3 Å². The Kier molecular flexibility index (Phi) is 5.37. The predicted octanol–water partition coefficient (Wildman–Crippen LogP) is 3.11. The van der Waals surface area contributed by atoms with Crippen LogP contribution < -0.4 is 10.1 Å². The van der Waals surface area contributed by atoms with Crippen molar-refractivity contribution in [2.75, 3.05) is 19.7 Å². The molecule has 28 heavy (non-hydrogen) atoms. The van der Waals surface area contributed by atoms with Gasteiger partial charge in [0.2, 0.25) is 10.0 Å². The lowest BCUT2D eigenvalue weighted by Crippen LogP contribution is -2.36. The summed E-state index contributed by atoms with van der Waals surface area (Å²) in [6, 6.07) is 13.8. The van der Waals surface area contributed by atoms with E-state index in [9.17, 15) is 13.2 Å². The number of hydrogen-bond donors (Lipinski definition) is 1. The molecule has 2 aliphatic heterocycles. The van der Waals surface area contributed by atoms with Gasteiger partial charge in [-0.2, -0.15) is 4.31 Å². The summed E-state index contributed by atoms with van der Waals surface area (Å²) in [5.41, 5.74) is 1.29. The molecule has 7 heteroatoms. The summed E-state index contributed by atoms with van der Waals surface area (Å²) in [6.07, 6.45) is 3.49. The molecule has 0 aromatic heterocycles. The molecule has 1 amide bonds. The number of benzene rings is 2. The number of carbonyl (C=O) groups excluding carboxylic acids is 1. The number of fused-ring (bicyclic) bond motifs is 1. The maximum Gasteiger partial charge on any atom is 0.251 e. The van der Waals surface area contributed by atoms with Gasteiger partial charge >= 0.3 is 0 Å². The minimum atomic E-state index is -3.57. The summed E-state index contributed by atoms with van der Waals surface area (Å²) in [5.74, 6) is 0.498. The van der Waals surface area contributed by atoms with Crippen LogP contribution in [0.25, 0.3) is 0 Å². The molecule has 2 aromatic carbocycles. The van der Waals surface area contributed by atoms with E-state index in [-0.39, 0.29) is 16.8 Å². The fourth-order valence-corrected chi connectivity index (χ4v) is 5.35. The highest BCUT2D eigenvalue weighted by Crippen LogP contribution is 2.31. The summed E-state index contributed by atoms with van der Waals surface area (Å²) in [6.45, 7) is 1.61. The van der Waals surface area contributed by atoms with Crippen molar-refractivity contribution in [2.24, 2.45) is 0 Å². The molecule has 2 aliphatic rings. The average molecular weight is 401 g/mol. The number of amides is 1. The number of sulfonamides is 1. The van der Waals surface area contributed by atoms with Crippen LogP contribution in [0.5, 0.6) is 5.75 Å².